The van der Waals surface area contributed by atoms with E-state index in [2.05, 4.69) is 54.2 Å². The van der Waals surface area contributed by atoms with E-state index < -0.39 is 0 Å². The highest BCUT2D eigenvalue weighted by atomic mass is 32.1. The molecule has 2 fully saturated rings. The van der Waals surface area contributed by atoms with E-state index in [4.69, 9.17) is 0 Å². The minimum atomic E-state index is -0.317. The average molecular weight is 383 g/mol. The molecule has 1 aliphatic heterocycles. The summed E-state index contributed by atoms with van der Waals surface area (Å²) in [6, 6.07) is 14.8. The van der Waals surface area contributed by atoms with Crippen LogP contribution in [0.25, 0.3) is 0 Å². The van der Waals surface area contributed by atoms with Gasteiger partial charge in [0.1, 0.15) is 0 Å². The minimum Gasteiger partial charge on any atom is -0.299 e. The number of carbonyl (C=O) groups excluding carboxylic acids is 1. The predicted octanol–water partition coefficient (Wildman–Crippen LogP) is 4.70. The lowest BCUT2D eigenvalue weighted by Gasteiger charge is -2.47. The molecule has 1 spiro atoms. The SMILES string of the molecule is CN(C)C1(C(=O)c2cccs2)CCC2(CCN(Cc3ccccc3)C2)CC1. The van der Waals surface area contributed by atoms with Crippen LogP contribution in [0.4, 0.5) is 0 Å². The van der Waals surface area contributed by atoms with Crippen molar-refractivity contribution in [2.45, 2.75) is 44.2 Å². The second kappa shape index (κ2) is 7.50. The smallest absolute Gasteiger partial charge is 0.192 e. The Hall–Kier alpha value is -1.49. The summed E-state index contributed by atoms with van der Waals surface area (Å²) in [5.74, 6) is 0.330. The van der Waals surface area contributed by atoms with E-state index >= 15 is 0 Å². The molecule has 0 atom stereocenters. The Bertz CT molecular complexity index is 761. The van der Waals surface area contributed by atoms with Gasteiger partial charge in [-0.25, -0.2) is 0 Å². The van der Waals surface area contributed by atoms with Gasteiger partial charge in [-0.05, 0) is 75.2 Å². The maximum absolute atomic E-state index is 13.3. The molecule has 1 saturated heterocycles. The third-order valence-electron chi connectivity index (χ3n) is 6.93. The monoisotopic (exact) mass is 382 g/mol. The number of hydrogen-bond acceptors (Lipinski definition) is 4. The van der Waals surface area contributed by atoms with Crippen molar-refractivity contribution in [1.29, 1.82) is 0 Å². The van der Waals surface area contributed by atoms with Crippen molar-refractivity contribution in [2.24, 2.45) is 5.41 Å². The standard InChI is InChI=1S/C23H30N2OS/c1-24(2)23(21(26)20-9-6-16-27-20)12-10-22(11-13-23)14-15-25(18-22)17-19-7-4-3-5-8-19/h3-9,16H,10-15,17-18H2,1-2H3. The van der Waals surface area contributed by atoms with E-state index in [0.29, 0.717) is 11.2 Å². The van der Waals surface area contributed by atoms with Gasteiger partial charge >= 0.3 is 0 Å². The number of Topliss-reactive ketones (excluding diaryl/α,β-unsaturated/α-hetero) is 1. The first-order chi connectivity index (χ1) is 13.0. The summed E-state index contributed by atoms with van der Waals surface area (Å²) in [6.07, 6.45) is 5.56. The van der Waals surface area contributed by atoms with Crippen LogP contribution < -0.4 is 0 Å². The number of likely N-dealkylation sites (N-methyl/N-ethyl adjacent to an activating group) is 1. The number of benzene rings is 1. The molecule has 4 heteroatoms. The van der Waals surface area contributed by atoms with Crippen molar-refractivity contribution in [2.75, 3.05) is 27.2 Å². The third kappa shape index (κ3) is 3.63. The summed E-state index contributed by atoms with van der Waals surface area (Å²) in [4.78, 5) is 19.0. The lowest BCUT2D eigenvalue weighted by atomic mass is 9.65. The Morgan fingerprint density at radius 1 is 1.04 bits per heavy atom. The Labute approximate surface area is 167 Å². The molecule has 0 unspecified atom stereocenters. The Morgan fingerprint density at radius 2 is 1.78 bits per heavy atom. The van der Waals surface area contributed by atoms with Gasteiger partial charge in [-0.3, -0.25) is 14.6 Å². The second-order valence-corrected chi connectivity index (χ2v) is 9.63. The van der Waals surface area contributed by atoms with Crippen molar-refractivity contribution >= 4 is 17.1 Å². The number of ketones is 1. The lowest BCUT2D eigenvalue weighted by Crippen LogP contribution is -2.55. The van der Waals surface area contributed by atoms with Crippen LogP contribution in [0, 0.1) is 5.41 Å². The van der Waals surface area contributed by atoms with Gasteiger partial charge in [0.25, 0.3) is 0 Å². The molecule has 1 aliphatic carbocycles. The molecule has 0 radical (unpaired) electrons. The zero-order valence-electron chi connectivity index (χ0n) is 16.5. The molecule has 0 bridgehead atoms. The number of rotatable bonds is 5. The van der Waals surface area contributed by atoms with Crippen molar-refractivity contribution in [3.8, 4) is 0 Å². The first-order valence-electron chi connectivity index (χ1n) is 10.1. The topological polar surface area (TPSA) is 23.6 Å². The second-order valence-electron chi connectivity index (χ2n) is 8.68. The molecule has 27 heavy (non-hydrogen) atoms. The fraction of sp³-hybridized carbons (Fsp3) is 0.522. The van der Waals surface area contributed by atoms with Crippen molar-refractivity contribution in [3.63, 3.8) is 0 Å². The number of nitrogens with zero attached hydrogens (tertiary/aromatic N) is 2. The van der Waals surface area contributed by atoms with E-state index in [1.54, 1.807) is 11.3 Å². The molecular weight excluding hydrogens is 352 g/mol. The molecule has 1 aromatic heterocycles. The van der Waals surface area contributed by atoms with Crippen molar-refractivity contribution in [3.05, 3.63) is 58.3 Å². The Balaban J connectivity index is 1.43. The molecule has 144 valence electrons. The maximum Gasteiger partial charge on any atom is 0.192 e. The van der Waals surface area contributed by atoms with Crippen LogP contribution in [0.15, 0.2) is 47.8 Å². The molecule has 4 rings (SSSR count). The molecule has 0 N–H and O–H groups in total. The van der Waals surface area contributed by atoms with Gasteiger partial charge in [0.15, 0.2) is 5.78 Å². The molecule has 2 heterocycles. The number of likely N-dealkylation sites (tertiary alicyclic amines) is 1. The van der Waals surface area contributed by atoms with Crippen LogP contribution in [-0.4, -0.2) is 48.3 Å². The normalized spacial score (nSPS) is 28.9. The van der Waals surface area contributed by atoms with Crippen LogP contribution in [0.3, 0.4) is 0 Å². The molecule has 1 aromatic carbocycles. The molecule has 0 amide bonds. The predicted molar refractivity (Wildman–Crippen MR) is 112 cm³/mol. The quantitative estimate of drug-likeness (QED) is 0.701. The van der Waals surface area contributed by atoms with E-state index in [0.717, 1.165) is 37.1 Å². The van der Waals surface area contributed by atoms with Gasteiger partial charge in [0.05, 0.1) is 10.4 Å². The molecular formula is C23H30N2OS. The number of thiophene rings is 1. The third-order valence-corrected chi connectivity index (χ3v) is 7.80. The van der Waals surface area contributed by atoms with Crippen LogP contribution >= 0.6 is 11.3 Å². The Morgan fingerprint density at radius 3 is 2.41 bits per heavy atom. The van der Waals surface area contributed by atoms with Crippen LogP contribution in [0.5, 0.6) is 0 Å². The molecule has 2 aliphatic rings. The summed E-state index contributed by atoms with van der Waals surface area (Å²) >= 11 is 1.58. The largest absolute Gasteiger partial charge is 0.299 e. The first-order valence-corrected chi connectivity index (χ1v) is 10.9. The van der Waals surface area contributed by atoms with Gasteiger partial charge in [0, 0.05) is 13.1 Å². The van der Waals surface area contributed by atoms with E-state index in [9.17, 15) is 4.79 Å². The molecule has 3 nitrogen and oxygen atoms in total. The van der Waals surface area contributed by atoms with Crippen molar-refractivity contribution in [1.82, 2.24) is 9.80 Å². The zero-order chi connectivity index (χ0) is 18.9. The lowest BCUT2D eigenvalue weighted by molar-refractivity contribution is 0.0341. The van der Waals surface area contributed by atoms with Crippen LogP contribution in [-0.2, 0) is 6.54 Å². The minimum absolute atomic E-state index is 0.317. The Kier molecular flexibility index (Phi) is 5.23. The summed E-state index contributed by atoms with van der Waals surface area (Å²) in [7, 11) is 4.17. The van der Waals surface area contributed by atoms with Gasteiger partial charge < -0.3 is 0 Å². The summed E-state index contributed by atoms with van der Waals surface area (Å²) in [5.41, 5.74) is 1.49. The summed E-state index contributed by atoms with van der Waals surface area (Å²) in [5, 5.41) is 2.01. The fourth-order valence-electron chi connectivity index (χ4n) is 5.12. The average Bonchev–Trinajstić information content (AvgIpc) is 3.34. The van der Waals surface area contributed by atoms with Crippen LogP contribution in [0.2, 0.25) is 0 Å². The maximum atomic E-state index is 13.3. The fourth-order valence-corrected chi connectivity index (χ4v) is 5.88. The zero-order valence-corrected chi connectivity index (χ0v) is 17.3. The van der Waals surface area contributed by atoms with Gasteiger partial charge in [-0.2, -0.15) is 0 Å². The first kappa shape index (κ1) is 18.9. The number of carbonyl (C=O) groups is 1. The van der Waals surface area contributed by atoms with E-state index in [-0.39, 0.29) is 5.54 Å². The van der Waals surface area contributed by atoms with E-state index in [1.807, 2.05) is 17.5 Å². The summed E-state index contributed by atoms with van der Waals surface area (Å²) < 4.78 is 0. The van der Waals surface area contributed by atoms with Gasteiger partial charge in [-0.1, -0.05) is 36.4 Å². The van der Waals surface area contributed by atoms with E-state index in [1.165, 1.54) is 25.1 Å². The highest BCUT2D eigenvalue weighted by molar-refractivity contribution is 7.12. The van der Waals surface area contributed by atoms with Crippen LogP contribution in [0.1, 0.15) is 47.3 Å². The number of hydrogen-bond donors (Lipinski definition) is 0. The van der Waals surface area contributed by atoms with Gasteiger partial charge in [-0.15, -0.1) is 11.3 Å². The summed E-state index contributed by atoms with van der Waals surface area (Å²) in [6.45, 7) is 3.41. The highest BCUT2D eigenvalue weighted by Crippen LogP contribution is 2.49. The molecule has 2 aromatic rings. The highest BCUT2D eigenvalue weighted by Gasteiger charge is 2.50. The van der Waals surface area contributed by atoms with Gasteiger partial charge in [0.2, 0.25) is 0 Å². The molecule has 1 saturated carbocycles. The van der Waals surface area contributed by atoms with Crippen molar-refractivity contribution < 1.29 is 4.79 Å².